The lowest BCUT2D eigenvalue weighted by molar-refractivity contribution is 0.0400. The zero-order valence-corrected chi connectivity index (χ0v) is 10.4. The molecule has 2 aromatic rings. The van der Waals surface area contributed by atoms with Crippen LogP contribution in [0.15, 0.2) is 28.8 Å². The summed E-state index contributed by atoms with van der Waals surface area (Å²) in [6.07, 6.45) is 1.34. The fraction of sp³-hybridized carbons (Fsp3) is 0.385. The maximum absolute atomic E-state index is 9.26. The summed E-state index contributed by atoms with van der Waals surface area (Å²) in [5.74, 6) is 1.12. The molecule has 0 unspecified atom stereocenters. The fourth-order valence-corrected chi connectivity index (χ4v) is 2.10. The lowest BCUT2D eigenvalue weighted by atomic mass is 9.91. The Morgan fingerprint density at radius 3 is 2.53 bits per heavy atom. The average Bonchev–Trinajstić information content (AvgIpc) is 2.91. The summed E-state index contributed by atoms with van der Waals surface area (Å²) in [4.78, 5) is 4.37. The second-order valence-corrected chi connectivity index (χ2v) is 4.74. The van der Waals surface area contributed by atoms with Crippen LogP contribution in [0, 0.1) is 0 Å². The van der Waals surface area contributed by atoms with Gasteiger partial charge in [-0.1, -0.05) is 5.16 Å². The molecule has 6 nitrogen and oxygen atoms in total. The van der Waals surface area contributed by atoms with Gasteiger partial charge < -0.3 is 20.1 Å². The SMILES string of the molecule is NC1(c2nc(-c3ccc(O)cc3)no2)CCOCC1. The van der Waals surface area contributed by atoms with Crippen molar-refractivity contribution < 1.29 is 14.4 Å². The van der Waals surface area contributed by atoms with Gasteiger partial charge >= 0.3 is 0 Å². The van der Waals surface area contributed by atoms with Crippen LogP contribution in [0.3, 0.4) is 0 Å². The minimum absolute atomic E-state index is 0.201. The predicted octanol–water partition coefficient (Wildman–Crippen LogP) is 1.41. The molecule has 100 valence electrons. The number of aromatic nitrogens is 2. The summed E-state index contributed by atoms with van der Waals surface area (Å²) in [5, 5.41) is 13.2. The van der Waals surface area contributed by atoms with Crippen LogP contribution in [0.2, 0.25) is 0 Å². The van der Waals surface area contributed by atoms with Crippen molar-refractivity contribution >= 4 is 0 Å². The summed E-state index contributed by atoms with van der Waals surface area (Å²) in [6.45, 7) is 1.21. The third-order valence-corrected chi connectivity index (χ3v) is 3.36. The van der Waals surface area contributed by atoms with Gasteiger partial charge in [0.15, 0.2) is 0 Å². The first-order valence-electron chi connectivity index (χ1n) is 6.18. The van der Waals surface area contributed by atoms with Crippen molar-refractivity contribution in [3.05, 3.63) is 30.2 Å². The third kappa shape index (κ3) is 2.32. The molecule has 0 radical (unpaired) electrons. The number of ether oxygens (including phenoxy) is 1. The van der Waals surface area contributed by atoms with Gasteiger partial charge in [0.05, 0.1) is 0 Å². The van der Waals surface area contributed by atoms with Crippen LogP contribution in [0.25, 0.3) is 11.4 Å². The van der Waals surface area contributed by atoms with Crippen molar-refractivity contribution in [1.29, 1.82) is 0 Å². The van der Waals surface area contributed by atoms with Gasteiger partial charge in [-0.2, -0.15) is 4.98 Å². The first-order chi connectivity index (χ1) is 9.17. The summed E-state index contributed by atoms with van der Waals surface area (Å²) in [5.41, 5.74) is 6.46. The molecule has 6 heteroatoms. The number of aromatic hydroxyl groups is 1. The van der Waals surface area contributed by atoms with E-state index in [-0.39, 0.29) is 5.75 Å². The number of benzene rings is 1. The van der Waals surface area contributed by atoms with Gasteiger partial charge in [0.1, 0.15) is 11.3 Å². The van der Waals surface area contributed by atoms with E-state index < -0.39 is 5.54 Å². The molecule has 0 saturated carbocycles. The molecule has 2 heterocycles. The Balaban J connectivity index is 1.88. The molecule has 19 heavy (non-hydrogen) atoms. The molecular formula is C13H15N3O3. The highest BCUT2D eigenvalue weighted by atomic mass is 16.5. The maximum Gasteiger partial charge on any atom is 0.247 e. The van der Waals surface area contributed by atoms with E-state index in [9.17, 15) is 5.11 Å². The number of phenols is 1. The normalized spacial score (nSPS) is 18.4. The molecule has 1 fully saturated rings. The largest absolute Gasteiger partial charge is 0.508 e. The number of nitrogens with two attached hydrogens (primary N) is 1. The van der Waals surface area contributed by atoms with Crippen molar-refractivity contribution in [3.8, 4) is 17.1 Å². The van der Waals surface area contributed by atoms with Gasteiger partial charge in [-0.3, -0.25) is 0 Å². The molecule has 3 N–H and O–H groups in total. The van der Waals surface area contributed by atoms with Crippen LogP contribution in [0.1, 0.15) is 18.7 Å². The van der Waals surface area contributed by atoms with Gasteiger partial charge in [-0.15, -0.1) is 0 Å². The van der Waals surface area contributed by atoms with Gasteiger partial charge in [-0.25, -0.2) is 0 Å². The van der Waals surface area contributed by atoms with Gasteiger partial charge in [-0.05, 0) is 37.1 Å². The van der Waals surface area contributed by atoms with Crippen molar-refractivity contribution in [2.75, 3.05) is 13.2 Å². The van der Waals surface area contributed by atoms with E-state index in [0.717, 1.165) is 5.56 Å². The Hall–Kier alpha value is -1.92. The monoisotopic (exact) mass is 261 g/mol. The summed E-state index contributed by atoms with van der Waals surface area (Å²) >= 11 is 0. The van der Waals surface area contributed by atoms with Crippen LogP contribution in [-0.4, -0.2) is 28.5 Å². The Bertz CT molecular complexity index is 559. The first-order valence-corrected chi connectivity index (χ1v) is 6.18. The standard InChI is InChI=1S/C13H15N3O3/c14-13(5-7-18-8-6-13)12-15-11(16-19-12)9-1-3-10(17)4-2-9/h1-4,17H,5-8,14H2. The zero-order valence-electron chi connectivity index (χ0n) is 10.4. The molecule has 1 aliphatic rings. The number of rotatable bonds is 2. The van der Waals surface area contributed by atoms with Gasteiger partial charge in [0, 0.05) is 18.8 Å². The van der Waals surface area contributed by atoms with Crippen molar-refractivity contribution in [2.45, 2.75) is 18.4 Å². The van der Waals surface area contributed by atoms with Crippen LogP contribution < -0.4 is 5.73 Å². The molecular weight excluding hydrogens is 246 g/mol. The summed E-state index contributed by atoms with van der Waals surface area (Å²) < 4.78 is 10.6. The second kappa shape index (κ2) is 4.64. The molecule has 1 aromatic heterocycles. The molecule has 0 spiro atoms. The average molecular weight is 261 g/mol. The van der Waals surface area contributed by atoms with Crippen LogP contribution >= 0.6 is 0 Å². The quantitative estimate of drug-likeness (QED) is 0.848. The summed E-state index contributed by atoms with van der Waals surface area (Å²) in [7, 11) is 0. The summed E-state index contributed by atoms with van der Waals surface area (Å²) in [6, 6.07) is 6.63. The first kappa shape index (κ1) is 12.1. The third-order valence-electron chi connectivity index (χ3n) is 3.36. The Morgan fingerprint density at radius 1 is 1.16 bits per heavy atom. The Labute approximate surface area is 110 Å². The van der Waals surface area contributed by atoms with Crippen molar-refractivity contribution in [1.82, 2.24) is 10.1 Å². The fourth-order valence-electron chi connectivity index (χ4n) is 2.10. The molecule has 0 bridgehead atoms. The Kier molecular flexibility index (Phi) is 2.96. The van der Waals surface area contributed by atoms with Crippen molar-refractivity contribution in [3.63, 3.8) is 0 Å². The van der Waals surface area contributed by atoms with Crippen molar-refractivity contribution in [2.24, 2.45) is 5.73 Å². The smallest absolute Gasteiger partial charge is 0.247 e. The highest BCUT2D eigenvalue weighted by Crippen LogP contribution is 2.29. The topological polar surface area (TPSA) is 94.4 Å². The molecule has 1 aromatic carbocycles. The van der Waals surface area contributed by atoms with E-state index in [2.05, 4.69) is 10.1 Å². The highest BCUT2D eigenvalue weighted by Gasteiger charge is 2.35. The van der Waals surface area contributed by atoms with E-state index in [1.165, 1.54) is 0 Å². The molecule has 1 saturated heterocycles. The zero-order chi connectivity index (χ0) is 13.3. The lowest BCUT2D eigenvalue weighted by Gasteiger charge is -2.29. The van der Waals surface area contributed by atoms with E-state index >= 15 is 0 Å². The number of nitrogens with zero attached hydrogens (tertiary/aromatic N) is 2. The van der Waals surface area contributed by atoms with E-state index in [1.54, 1.807) is 24.3 Å². The minimum atomic E-state index is -0.597. The van der Waals surface area contributed by atoms with Crippen LogP contribution in [0.5, 0.6) is 5.75 Å². The molecule has 0 amide bonds. The van der Waals surface area contributed by atoms with Crippen LogP contribution in [0.4, 0.5) is 0 Å². The van der Waals surface area contributed by atoms with Gasteiger partial charge in [0.2, 0.25) is 11.7 Å². The molecule has 0 atom stereocenters. The molecule has 1 aliphatic heterocycles. The van der Waals surface area contributed by atoms with E-state index in [1.807, 2.05) is 0 Å². The molecule has 0 aliphatic carbocycles. The Morgan fingerprint density at radius 2 is 1.84 bits per heavy atom. The van der Waals surface area contributed by atoms with Gasteiger partial charge in [0.25, 0.3) is 0 Å². The highest BCUT2D eigenvalue weighted by molar-refractivity contribution is 5.55. The lowest BCUT2D eigenvalue weighted by Crippen LogP contribution is -2.42. The predicted molar refractivity (Wildman–Crippen MR) is 67.3 cm³/mol. The second-order valence-electron chi connectivity index (χ2n) is 4.74. The minimum Gasteiger partial charge on any atom is -0.508 e. The van der Waals surface area contributed by atoms with E-state index in [4.69, 9.17) is 15.0 Å². The number of hydrogen-bond donors (Lipinski definition) is 2. The van der Waals surface area contributed by atoms with E-state index in [0.29, 0.717) is 37.8 Å². The maximum atomic E-state index is 9.26. The number of phenolic OH excluding ortho intramolecular Hbond substituents is 1. The molecule has 3 rings (SSSR count). The van der Waals surface area contributed by atoms with Crippen LogP contribution in [-0.2, 0) is 10.3 Å². The number of hydrogen-bond acceptors (Lipinski definition) is 6.